The van der Waals surface area contributed by atoms with Crippen LogP contribution < -0.4 is 16.0 Å². The third kappa shape index (κ3) is 6.61. The Hall–Kier alpha value is -4.24. The number of nitrogens with zero attached hydrogens (tertiary/aromatic N) is 1. The number of benzene rings is 3. The molecule has 0 aliphatic carbocycles. The fourth-order valence-corrected chi connectivity index (χ4v) is 4.28. The molecule has 3 aromatic carbocycles. The smallest absolute Gasteiger partial charge is 0.268 e. The Labute approximate surface area is 229 Å². The molecule has 4 rings (SSSR count). The second-order valence-corrected chi connectivity index (χ2v) is 9.87. The Morgan fingerprint density at radius 1 is 0.846 bits per heavy atom. The van der Waals surface area contributed by atoms with E-state index < -0.39 is 23.4 Å². The average molecular weight is 553 g/mol. The van der Waals surface area contributed by atoms with E-state index in [4.69, 9.17) is 11.6 Å². The second kappa shape index (κ2) is 11.7. The molecule has 0 unspecified atom stereocenters. The molecule has 10 heteroatoms. The highest BCUT2D eigenvalue weighted by molar-refractivity contribution is 6.34. The molecule has 1 heterocycles. The zero-order chi connectivity index (χ0) is 28.3. The van der Waals surface area contributed by atoms with Crippen LogP contribution in [0.3, 0.4) is 0 Å². The zero-order valence-electron chi connectivity index (χ0n) is 21.6. The van der Waals surface area contributed by atoms with Gasteiger partial charge in [-0.2, -0.15) is 0 Å². The van der Waals surface area contributed by atoms with Gasteiger partial charge in [-0.25, -0.2) is 8.78 Å². The monoisotopic (exact) mass is 552 g/mol. The molecule has 0 aliphatic rings. The van der Waals surface area contributed by atoms with Gasteiger partial charge in [0, 0.05) is 48.7 Å². The SMILES string of the molecule is CC(C)C(=O)NCc1ccc(Cl)c(C(=O)Nc2ccc3c(c2)cc(C(=O)NCc2cc(F)cc(F)c2)n3C)c1. The lowest BCUT2D eigenvalue weighted by Gasteiger charge is -2.11. The van der Waals surface area contributed by atoms with E-state index in [9.17, 15) is 23.2 Å². The summed E-state index contributed by atoms with van der Waals surface area (Å²) < 4.78 is 28.6. The Bertz CT molecular complexity index is 1560. The maximum atomic E-state index is 13.4. The fourth-order valence-electron chi connectivity index (χ4n) is 4.08. The van der Waals surface area contributed by atoms with E-state index in [1.54, 1.807) is 67.9 Å². The summed E-state index contributed by atoms with van der Waals surface area (Å²) in [6.45, 7) is 3.81. The van der Waals surface area contributed by atoms with E-state index in [0.29, 0.717) is 22.3 Å². The molecule has 0 radical (unpaired) electrons. The Kier molecular flexibility index (Phi) is 8.30. The summed E-state index contributed by atoms with van der Waals surface area (Å²) in [4.78, 5) is 37.7. The van der Waals surface area contributed by atoms with Crippen molar-refractivity contribution in [3.05, 3.63) is 99.7 Å². The van der Waals surface area contributed by atoms with E-state index >= 15 is 0 Å². The van der Waals surface area contributed by atoms with Crippen molar-refractivity contribution in [2.24, 2.45) is 13.0 Å². The van der Waals surface area contributed by atoms with Crippen LogP contribution in [0, 0.1) is 17.6 Å². The number of rotatable bonds is 8. The number of hydrogen-bond acceptors (Lipinski definition) is 3. The number of carbonyl (C=O) groups excluding carboxylic acids is 3. The Balaban J connectivity index is 1.47. The van der Waals surface area contributed by atoms with E-state index in [0.717, 1.165) is 29.3 Å². The van der Waals surface area contributed by atoms with Crippen molar-refractivity contribution < 1.29 is 23.2 Å². The summed E-state index contributed by atoms with van der Waals surface area (Å²) in [6, 6.07) is 14.9. The minimum atomic E-state index is -0.718. The highest BCUT2D eigenvalue weighted by Crippen LogP contribution is 2.25. The molecule has 3 N–H and O–H groups in total. The second-order valence-electron chi connectivity index (χ2n) is 9.46. The summed E-state index contributed by atoms with van der Waals surface area (Å²) in [5.41, 5.74) is 2.87. The molecule has 4 aromatic rings. The maximum absolute atomic E-state index is 13.4. The topological polar surface area (TPSA) is 92.2 Å². The van der Waals surface area contributed by atoms with Crippen LogP contribution in [-0.2, 0) is 24.9 Å². The van der Waals surface area contributed by atoms with Crippen LogP contribution in [0.2, 0.25) is 5.02 Å². The molecule has 7 nitrogen and oxygen atoms in total. The third-order valence-electron chi connectivity index (χ3n) is 6.17. The Morgan fingerprint density at radius 2 is 1.54 bits per heavy atom. The first-order chi connectivity index (χ1) is 18.5. The normalized spacial score (nSPS) is 11.1. The average Bonchev–Trinajstić information content (AvgIpc) is 3.21. The van der Waals surface area contributed by atoms with Gasteiger partial charge in [0.05, 0.1) is 10.6 Å². The molecule has 202 valence electrons. The number of anilines is 1. The van der Waals surface area contributed by atoms with Crippen LogP contribution in [0.1, 0.15) is 45.8 Å². The lowest BCUT2D eigenvalue weighted by atomic mass is 10.1. The lowest BCUT2D eigenvalue weighted by Crippen LogP contribution is -2.27. The Morgan fingerprint density at radius 3 is 2.23 bits per heavy atom. The summed E-state index contributed by atoms with van der Waals surface area (Å²) in [6.07, 6.45) is 0. The van der Waals surface area contributed by atoms with Gasteiger partial charge in [0.1, 0.15) is 17.3 Å². The molecule has 0 fully saturated rings. The van der Waals surface area contributed by atoms with Gasteiger partial charge in [0.15, 0.2) is 0 Å². The molecular formula is C29H27ClF2N4O3. The number of aromatic nitrogens is 1. The van der Waals surface area contributed by atoms with Gasteiger partial charge in [0.2, 0.25) is 5.91 Å². The van der Waals surface area contributed by atoms with Gasteiger partial charge in [-0.1, -0.05) is 31.5 Å². The van der Waals surface area contributed by atoms with Crippen LogP contribution in [0.25, 0.3) is 10.9 Å². The van der Waals surface area contributed by atoms with Gasteiger partial charge in [-0.15, -0.1) is 0 Å². The molecule has 0 saturated heterocycles. The van der Waals surface area contributed by atoms with Crippen molar-refractivity contribution in [3.63, 3.8) is 0 Å². The first-order valence-corrected chi connectivity index (χ1v) is 12.6. The molecule has 1 aromatic heterocycles. The number of hydrogen-bond donors (Lipinski definition) is 3. The van der Waals surface area contributed by atoms with Crippen molar-refractivity contribution in [2.75, 3.05) is 5.32 Å². The van der Waals surface area contributed by atoms with E-state index in [1.807, 2.05) is 0 Å². The molecule has 3 amide bonds. The van der Waals surface area contributed by atoms with Crippen LogP contribution in [0.5, 0.6) is 0 Å². The van der Waals surface area contributed by atoms with Crippen molar-refractivity contribution >= 4 is 45.9 Å². The van der Waals surface area contributed by atoms with Crippen molar-refractivity contribution in [2.45, 2.75) is 26.9 Å². The maximum Gasteiger partial charge on any atom is 0.268 e. The summed E-state index contributed by atoms with van der Waals surface area (Å²) in [7, 11) is 1.72. The lowest BCUT2D eigenvalue weighted by molar-refractivity contribution is -0.124. The molecule has 39 heavy (non-hydrogen) atoms. The summed E-state index contributed by atoms with van der Waals surface area (Å²) in [5.74, 6) is -2.53. The van der Waals surface area contributed by atoms with Gasteiger partial charge in [-0.05, 0) is 59.7 Å². The van der Waals surface area contributed by atoms with E-state index in [1.165, 1.54) is 0 Å². The number of halogens is 3. The van der Waals surface area contributed by atoms with Gasteiger partial charge in [-0.3, -0.25) is 14.4 Å². The number of carbonyl (C=O) groups is 3. The minimum Gasteiger partial charge on any atom is -0.352 e. The molecule has 0 aliphatic heterocycles. The van der Waals surface area contributed by atoms with Crippen molar-refractivity contribution in [1.29, 1.82) is 0 Å². The molecule has 0 atom stereocenters. The van der Waals surface area contributed by atoms with Crippen LogP contribution in [-0.4, -0.2) is 22.3 Å². The number of fused-ring (bicyclic) bond motifs is 1. The molecule has 0 bridgehead atoms. The summed E-state index contributed by atoms with van der Waals surface area (Å²) >= 11 is 6.28. The summed E-state index contributed by atoms with van der Waals surface area (Å²) in [5, 5.41) is 9.28. The standard InChI is InChI=1S/C29H27ClF2N4O3/c1-16(2)27(37)33-14-17-4-6-24(30)23(10-17)28(38)35-22-5-7-25-19(11-22)12-26(36(25)3)29(39)34-15-18-8-20(31)13-21(32)9-18/h4-13,16H,14-15H2,1-3H3,(H,33,37)(H,34,39)(H,35,38). The van der Waals surface area contributed by atoms with Crippen molar-refractivity contribution in [1.82, 2.24) is 15.2 Å². The highest BCUT2D eigenvalue weighted by Gasteiger charge is 2.16. The van der Waals surface area contributed by atoms with Gasteiger partial charge >= 0.3 is 0 Å². The van der Waals surface area contributed by atoms with Crippen LogP contribution >= 0.6 is 11.6 Å². The first kappa shape index (κ1) is 27.8. The highest BCUT2D eigenvalue weighted by atomic mass is 35.5. The van der Waals surface area contributed by atoms with Crippen molar-refractivity contribution in [3.8, 4) is 0 Å². The molecular weight excluding hydrogens is 526 g/mol. The number of nitrogens with one attached hydrogen (secondary N) is 3. The van der Waals surface area contributed by atoms with Gasteiger partial charge < -0.3 is 20.5 Å². The minimum absolute atomic E-state index is 0.0443. The van der Waals surface area contributed by atoms with Crippen LogP contribution in [0.4, 0.5) is 14.5 Å². The zero-order valence-corrected chi connectivity index (χ0v) is 22.3. The first-order valence-electron chi connectivity index (χ1n) is 12.2. The largest absolute Gasteiger partial charge is 0.352 e. The molecule has 0 spiro atoms. The third-order valence-corrected chi connectivity index (χ3v) is 6.50. The van der Waals surface area contributed by atoms with Crippen LogP contribution in [0.15, 0.2) is 60.7 Å². The number of aryl methyl sites for hydroxylation is 1. The van der Waals surface area contributed by atoms with E-state index in [2.05, 4.69) is 16.0 Å². The van der Waals surface area contributed by atoms with Gasteiger partial charge in [0.25, 0.3) is 11.8 Å². The molecule has 0 saturated carbocycles. The number of amides is 3. The predicted molar refractivity (Wildman–Crippen MR) is 147 cm³/mol. The fraction of sp³-hybridized carbons (Fsp3) is 0.207. The van der Waals surface area contributed by atoms with E-state index in [-0.39, 0.29) is 35.5 Å². The predicted octanol–water partition coefficient (Wildman–Crippen LogP) is 5.56. The quantitative estimate of drug-likeness (QED) is 0.267.